The van der Waals surface area contributed by atoms with Crippen LogP contribution in [0.4, 0.5) is 0 Å². The molecular weight excluding hydrogens is 360 g/mol. The van der Waals surface area contributed by atoms with E-state index in [1.54, 1.807) is 12.1 Å². The van der Waals surface area contributed by atoms with Crippen molar-refractivity contribution in [1.29, 1.82) is 0 Å². The molecule has 0 aliphatic carbocycles. The average Bonchev–Trinajstić information content (AvgIpc) is 2.60. The highest BCUT2D eigenvalue weighted by molar-refractivity contribution is 7.89. The first kappa shape index (κ1) is 21.4. The van der Waals surface area contributed by atoms with Crippen LogP contribution in [-0.2, 0) is 10.0 Å². The molecule has 2 aromatic carbocycles. The zero-order valence-electron chi connectivity index (χ0n) is 14.6. The molecule has 7 heteroatoms. The summed E-state index contributed by atoms with van der Waals surface area (Å²) in [7, 11) is -2.06. The fourth-order valence-electron chi connectivity index (χ4n) is 2.28. The zero-order chi connectivity index (χ0) is 17.7. The maximum Gasteiger partial charge on any atom is 0.240 e. The Morgan fingerprint density at radius 2 is 1.52 bits per heavy atom. The Labute approximate surface area is 156 Å². The summed E-state index contributed by atoms with van der Waals surface area (Å²) in [5.74, 6) is 1.06. The van der Waals surface area contributed by atoms with Gasteiger partial charge in [-0.1, -0.05) is 38.1 Å². The van der Waals surface area contributed by atoms with Gasteiger partial charge in [-0.15, -0.1) is 12.4 Å². The van der Waals surface area contributed by atoms with Crippen LogP contribution >= 0.6 is 12.4 Å². The van der Waals surface area contributed by atoms with Crippen molar-refractivity contribution in [2.45, 2.75) is 30.7 Å². The summed E-state index contributed by atoms with van der Waals surface area (Å²) in [5.41, 5.74) is 8.23. The van der Waals surface area contributed by atoms with E-state index in [1.165, 1.54) is 24.8 Å². The van der Waals surface area contributed by atoms with Crippen molar-refractivity contribution in [3.63, 3.8) is 0 Å². The first-order valence-electron chi connectivity index (χ1n) is 7.82. The Hall–Kier alpha value is -1.60. The van der Waals surface area contributed by atoms with E-state index in [0.717, 1.165) is 5.56 Å². The van der Waals surface area contributed by atoms with E-state index in [1.807, 2.05) is 24.3 Å². The number of ether oxygens (including phenoxy) is 1. The van der Waals surface area contributed by atoms with E-state index in [0.29, 0.717) is 11.7 Å². The van der Waals surface area contributed by atoms with E-state index < -0.39 is 16.1 Å². The van der Waals surface area contributed by atoms with E-state index in [2.05, 4.69) is 18.6 Å². The second-order valence-electron chi connectivity index (χ2n) is 5.96. The number of methoxy groups -OCH3 is 1. The smallest absolute Gasteiger partial charge is 0.240 e. The van der Waals surface area contributed by atoms with Crippen molar-refractivity contribution < 1.29 is 13.2 Å². The monoisotopic (exact) mass is 384 g/mol. The topological polar surface area (TPSA) is 81.4 Å². The van der Waals surface area contributed by atoms with Gasteiger partial charge < -0.3 is 10.5 Å². The molecule has 1 atom stereocenters. The number of nitrogens with two attached hydrogens (primary N) is 1. The summed E-state index contributed by atoms with van der Waals surface area (Å²) in [5, 5.41) is 0. The van der Waals surface area contributed by atoms with Gasteiger partial charge in [0.15, 0.2) is 0 Å². The molecule has 0 fully saturated rings. The lowest BCUT2D eigenvalue weighted by Gasteiger charge is -2.15. The number of halogens is 1. The lowest BCUT2D eigenvalue weighted by atomic mass is 9.99. The predicted molar refractivity (Wildman–Crippen MR) is 103 cm³/mol. The van der Waals surface area contributed by atoms with Gasteiger partial charge in [-0.25, -0.2) is 13.1 Å². The summed E-state index contributed by atoms with van der Waals surface area (Å²) in [6.45, 7) is 4.38. The molecule has 5 nitrogen and oxygen atoms in total. The van der Waals surface area contributed by atoms with Crippen molar-refractivity contribution in [2.24, 2.45) is 5.73 Å². The van der Waals surface area contributed by atoms with Gasteiger partial charge in [0.2, 0.25) is 10.0 Å². The summed E-state index contributed by atoms with van der Waals surface area (Å²) in [4.78, 5) is 0.186. The maximum absolute atomic E-state index is 12.3. The van der Waals surface area contributed by atoms with Crippen LogP contribution in [-0.4, -0.2) is 22.1 Å². The largest absolute Gasteiger partial charge is 0.497 e. The van der Waals surface area contributed by atoms with Gasteiger partial charge >= 0.3 is 0 Å². The number of nitrogens with one attached hydrogen (secondary N) is 1. The highest BCUT2D eigenvalue weighted by atomic mass is 35.5. The molecule has 0 aromatic heterocycles. The minimum atomic E-state index is -3.60. The fourth-order valence-corrected chi connectivity index (χ4v) is 3.34. The number of rotatable bonds is 7. The van der Waals surface area contributed by atoms with Crippen molar-refractivity contribution >= 4 is 22.4 Å². The molecule has 2 aromatic rings. The molecule has 0 spiro atoms. The molecule has 0 bridgehead atoms. The van der Waals surface area contributed by atoms with Gasteiger partial charge in [0, 0.05) is 12.6 Å². The maximum atomic E-state index is 12.3. The Morgan fingerprint density at radius 1 is 1.00 bits per heavy atom. The molecular formula is C18H25ClN2O3S. The van der Waals surface area contributed by atoms with Crippen LogP contribution in [0, 0.1) is 0 Å². The highest BCUT2D eigenvalue weighted by Gasteiger charge is 2.16. The number of hydrogen-bond acceptors (Lipinski definition) is 4. The molecule has 0 aliphatic rings. The van der Waals surface area contributed by atoms with Crippen LogP contribution in [0.5, 0.6) is 5.75 Å². The number of benzene rings is 2. The molecule has 3 N–H and O–H groups in total. The first-order chi connectivity index (χ1) is 11.3. The normalized spacial score (nSPS) is 12.5. The van der Waals surface area contributed by atoms with Crippen molar-refractivity contribution in [1.82, 2.24) is 4.72 Å². The highest BCUT2D eigenvalue weighted by Crippen LogP contribution is 2.19. The first-order valence-corrected chi connectivity index (χ1v) is 9.31. The van der Waals surface area contributed by atoms with E-state index in [4.69, 9.17) is 10.5 Å². The molecule has 2 rings (SSSR count). The van der Waals surface area contributed by atoms with Crippen molar-refractivity contribution in [3.05, 3.63) is 59.7 Å². The minimum Gasteiger partial charge on any atom is -0.497 e. The quantitative estimate of drug-likeness (QED) is 0.767. The van der Waals surface area contributed by atoms with Gasteiger partial charge in [0.25, 0.3) is 0 Å². The molecule has 0 saturated heterocycles. The number of sulfonamides is 1. The van der Waals surface area contributed by atoms with Gasteiger partial charge in [-0.3, -0.25) is 0 Å². The molecule has 0 saturated carbocycles. The second-order valence-corrected chi connectivity index (χ2v) is 7.72. The summed E-state index contributed by atoms with van der Waals surface area (Å²) < 4.78 is 32.2. The summed E-state index contributed by atoms with van der Waals surface area (Å²) in [6, 6.07) is 13.8. The average molecular weight is 385 g/mol. The lowest BCUT2D eigenvalue weighted by molar-refractivity contribution is 0.414. The summed E-state index contributed by atoms with van der Waals surface area (Å²) in [6.07, 6.45) is 0. The van der Waals surface area contributed by atoms with Crippen LogP contribution in [0.1, 0.15) is 36.9 Å². The Balaban J connectivity index is 0.00000312. The molecule has 138 valence electrons. The van der Waals surface area contributed by atoms with Crippen molar-refractivity contribution in [2.75, 3.05) is 13.7 Å². The van der Waals surface area contributed by atoms with E-state index >= 15 is 0 Å². The zero-order valence-corrected chi connectivity index (χ0v) is 16.2. The standard InChI is InChI=1S/C18H24N2O3S.ClH/c1-13(2)14-4-6-15(7-5-14)18(19)12-20-24(21,22)17-10-8-16(23-3)9-11-17;/h4-11,13,18,20H,12,19H2,1-3H3;1H. The summed E-state index contributed by atoms with van der Waals surface area (Å²) >= 11 is 0. The third-order valence-electron chi connectivity index (χ3n) is 3.89. The van der Waals surface area contributed by atoms with E-state index in [9.17, 15) is 8.42 Å². The van der Waals surface area contributed by atoms with Crippen LogP contribution in [0.3, 0.4) is 0 Å². The molecule has 0 radical (unpaired) electrons. The van der Waals surface area contributed by atoms with Crippen molar-refractivity contribution in [3.8, 4) is 5.75 Å². The van der Waals surface area contributed by atoms with Gasteiger partial charge in [0.05, 0.1) is 12.0 Å². The Bertz CT molecular complexity index is 760. The minimum absolute atomic E-state index is 0. The van der Waals surface area contributed by atoms with Crippen LogP contribution in [0.25, 0.3) is 0 Å². The third-order valence-corrected chi connectivity index (χ3v) is 5.33. The molecule has 25 heavy (non-hydrogen) atoms. The Kier molecular flexibility index (Phi) is 7.89. The molecule has 0 aliphatic heterocycles. The van der Waals surface area contributed by atoms with E-state index in [-0.39, 0.29) is 23.8 Å². The van der Waals surface area contributed by atoms with Gasteiger partial charge in [0.1, 0.15) is 5.75 Å². The molecule has 1 unspecified atom stereocenters. The third kappa shape index (κ3) is 5.71. The van der Waals surface area contributed by atoms with Crippen LogP contribution in [0.2, 0.25) is 0 Å². The van der Waals surface area contributed by atoms with Gasteiger partial charge in [-0.2, -0.15) is 0 Å². The van der Waals surface area contributed by atoms with Gasteiger partial charge in [-0.05, 0) is 41.3 Å². The lowest BCUT2D eigenvalue weighted by Crippen LogP contribution is -2.32. The van der Waals surface area contributed by atoms with Crippen LogP contribution < -0.4 is 15.2 Å². The number of hydrogen-bond donors (Lipinski definition) is 2. The molecule has 0 heterocycles. The second kappa shape index (κ2) is 9.20. The Morgan fingerprint density at radius 3 is 2.00 bits per heavy atom. The SMILES string of the molecule is COc1ccc(S(=O)(=O)NCC(N)c2ccc(C(C)C)cc2)cc1.Cl. The van der Waals surface area contributed by atoms with Crippen LogP contribution in [0.15, 0.2) is 53.4 Å². The predicted octanol–water partition coefficient (Wildman–Crippen LogP) is 3.22. The molecule has 0 amide bonds. The fraction of sp³-hybridized carbons (Fsp3) is 0.333.